The van der Waals surface area contributed by atoms with Crippen LogP contribution in [0.3, 0.4) is 0 Å². The molecule has 0 bridgehead atoms. The quantitative estimate of drug-likeness (QED) is 0.748. The van der Waals surface area contributed by atoms with Crippen molar-refractivity contribution in [2.24, 2.45) is 0 Å². The van der Waals surface area contributed by atoms with Crippen molar-refractivity contribution >= 4 is 0 Å². The largest absolute Gasteiger partial charge is 0.487 e. The fourth-order valence-corrected chi connectivity index (χ4v) is 2.98. The normalized spacial score (nSPS) is 23.4. The van der Waals surface area contributed by atoms with E-state index in [1.165, 1.54) is 0 Å². The molecule has 2 aromatic carbocycles. The first-order valence-electron chi connectivity index (χ1n) is 9.14. The van der Waals surface area contributed by atoms with Crippen molar-refractivity contribution in [1.29, 1.82) is 0 Å². The molecule has 2 N–H and O–H groups in total. The molecule has 0 aliphatic carbocycles. The molecule has 0 spiro atoms. The van der Waals surface area contributed by atoms with Gasteiger partial charge in [0.1, 0.15) is 24.6 Å². The summed E-state index contributed by atoms with van der Waals surface area (Å²) in [4.78, 5) is 0. The molecule has 0 aromatic heterocycles. The van der Waals surface area contributed by atoms with Crippen LogP contribution in [-0.4, -0.2) is 41.2 Å². The van der Waals surface area contributed by atoms with Gasteiger partial charge in [-0.15, -0.1) is 0 Å². The minimum atomic E-state index is -0.952. The van der Waals surface area contributed by atoms with Gasteiger partial charge in [0.15, 0.2) is 6.10 Å². The molecule has 1 aliphatic rings. The van der Waals surface area contributed by atoms with Crippen molar-refractivity contribution in [2.75, 3.05) is 6.61 Å². The van der Waals surface area contributed by atoms with E-state index in [1.54, 1.807) is 13.0 Å². The summed E-state index contributed by atoms with van der Waals surface area (Å²) in [7, 11) is 0. The van der Waals surface area contributed by atoms with Crippen molar-refractivity contribution in [1.82, 2.24) is 0 Å². The predicted molar refractivity (Wildman–Crippen MR) is 102 cm³/mol. The zero-order chi connectivity index (χ0) is 19.1. The van der Waals surface area contributed by atoms with Crippen LogP contribution in [0.15, 0.2) is 72.5 Å². The third-order valence-electron chi connectivity index (χ3n) is 4.43. The van der Waals surface area contributed by atoms with Crippen LogP contribution in [0.1, 0.15) is 18.1 Å². The molecule has 0 saturated carbocycles. The summed E-state index contributed by atoms with van der Waals surface area (Å²) in [5.74, 6) is 0.556. The molecule has 0 saturated heterocycles. The van der Waals surface area contributed by atoms with E-state index in [9.17, 15) is 10.2 Å². The first-order chi connectivity index (χ1) is 13.1. The second kappa shape index (κ2) is 9.67. The Balaban J connectivity index is 1.61. The van der Waals surface area contributed by atoms with E-state index >= 15 is 0 Å². The lowest BCUT2D eigenvalue weighted by atomic mass is 10.00. The summed E-state index contributed by atoms with van der Waals surface area (Å²) in [5.41, 5.74) is 2.08. The molecule has 27 heavy (non-hydrogen) atoms. The molecule has 2 aromatic rings. The van der Waals surface area contributed by atoms with E-state index in [4.69, 9.17) is 14.2 Å². The van der Waals surface area contributed by atoms with Gasteiger partial charge in [0.05, 0.1) is 19.3 Å². The first-order valence-corrected chi connectivity index (χ1v) is 9.14. The van der Waals surface area contributed by atoms with Crippen LogP contribution in [0.2, 0.25) is 0 Å². The van der Waals surface area contributed by atoms with Crippen LogP contribution in [0.5, 0.6) is 0 Å². The molecule has 5 heteroatoms. The maximum atomic E-state index is 10.5. The van der Waals surface area contributed by atoms with Crippen molar-refractivity contribution in [3.63, 3.8) is 0 Å². The Morgan fingerprint density at radius 2 is 1.52 bits per heavy atom. The number of aliphatic hydroxyl groups is 2. The van der Waals surface area contributed by atoms with Gasteiger partial charge in [-0.3, -0.25) is 0 Å². The van der Waals surface area contributed by atoms with Crippen molar-refractivity contribution in [2.45, 2.75) is 44.6 Å². The third-order valence-corrected chi connectivity index (χ3v) is 4.43. The Hall–Kier alpha value is -2.18. The van der Waals surface area contributed by atoms with Gasteiger partial charge in [-0.25, -0.2) is 0 Å². The molecule has 5 nitrogen and oxygen atoms in total. The maximum absolute atomic E-state index is 10.5. The van der Waals surface area contributed by atoms with Gasteiger partial charge in [-0.2, -0.15) is 0 Å². The summed E-state index contributed by atoms with van der Waals surface area (Å²) in [5, 5.41) is 20.5. The van der Waals surface area contributed by atoms with Gasteiger partial charge in [0, 0.05) is 0 Å². The Bertz CT molecular complexity index is 714. The highest BCUT2D eigenvalue weighted by molar-refractivity contribution is 5.15. The van der Waals surface area contributed by atoms with E-state index < -0.39 is 24.4 Å². The monoisotopic (exact) mass is 370 g/mol. The highest BCUT2D eigenvalue weighted by Gasteiger charge is 2.37. The number of benzene rings is 2. The lowest BCUT2D eigenvalue weighted by Crippen LogP contribution is -2.48. The standard InChI is InChI=1S/C22H26O5/c1-16(23)22-21(24)20(26-14-18-10-6-3-7-11-18)12-19(27-22)15-25-13-17-8-4-2-5-9-17/h2-12,16,20-24H,13-15H2,1H3/t16?,20-,21+,22+/m0/s1. The minimum absolute atomic E-state index is 0.246. The van der Waals surface area contributed by atoms with Gasteiger partial charge in [-0.1, -0.05) is 60.7 Å². The minimum Gasteiger partial charge on any atom is -0.487 e. The van der Waals surface area contributed by atoms with Gasteiger partial charge in [0.25, 0.3) is 0 Å². The van der Waals surface area contributed by atoms with E-state index in [0.29, 0.717) is 19.0 Å². The topological polar surface area (TPSA) is 68.2 Å². The number of ether oxygens (including phenoxy) is 3. The van der Waals surface area contributed by atoms with Crippen molar-refractivity contribution < 1.29 is 24.4 Å². The molecule has 0 fully saturated rings. The van der Waals surface area contributed by atoms with Crippen LogP contribution >= 0.6 is 0 Å². The average molecular weight is 370 g/mol. The van der Waals surface area contributed by atoms with Crippen molar-refractivity contribution in [3.8, 4) is 0 Å². The van der Waals surface area contributed by atoms with E-state index in [-0.39, 0.29) is 6.61 Å². The molecule has 144 valence electrons. The Labute approximate surface area is 159 Å². The summed E-state index contributed by atoms with van der Waals surface area (Å²) < 4.78 is 17.3. The molecule has 1 aliphatic heterocycles. The lowest BCUT2D eigenvalue weighted by Gasteiger charge is -2.35. The van der Waals surface area contributed by atoms with Crippen LogP contribution in [0.4, 0.5) is 0 Å². The van der Waals surface area contributed by atoms with Crippen LogP contribution in [0.25, 0.3) is 0 Å². The average Bonchev–Trinajstić information content (AvgIpc) is 2.69. The Kier molecular flexibility index (Phi) is 7.01. The Morgan fingerprint density at radius 3 is 2.11 bits per heavy atom. The molecule has 0 radical (unpaired) electrons. The van der Waals surface area contributed by atoms with Gasteiger partial charge < -0.3 is 24.4 Å². The second-order valence-corrected chi connectivity index (χ2v) is 6.69. The van der Waals surface area contributed by atoms with Crippen molar-refractivity contribution in [3.05, 3.63) is 83.6 Å². The highest BCUT2D eigenvalue weighted by atomic mass is 16.6. The third kappa shape index (κ3) is 5.65. The molecule has 1 heterocycles. The number of aliphatic hydroxyl groups excluding tert-OH is 2. The number of hydrogen-bond acceptors (Lipinski definition) is 5. The SMILES string of the molecule is CC(O)[C@H]1OC(COCc2ccccc2)=C[C@H](OCc2ccccc2)[C@H]1O. The summed E-state index contributed by atoms with van der Waals surface area (Å²) >= 11 is 0. The predicted octanol–water partition coefficient (Wildman–Crippen LogP) is 2.81. The summed E-state index contributed by atoms with van der Waals surface area (Å²) in [6, 6.07) is 19.6. The molecule has 1 unspecified atom stereocenters. The molecule has 4 atom stereocenters. The van der Waals surface area contributed by atoms with E-state index in [1.807, 2.05) is 60.7 Å². The van der Waals surface area contributed by atoms with Gasteiger partial charge in [-0.05, 0) is 24.1 Å². The fraction of sp³-hybridized carbons (Fsp3) is 0.364. The van der Waals surface area contributed by atoms with Gasteiger partial charge in [0.2, 0.25) is 0 Å². The zero-order valence-corrected chi connectivity index (χ0v) is 15.4. The van der Waals surface area contributed by atoms with Crippen LogP contribution in [0, 0.1) is 0 Å². The smallest absolute Gasteiger partial charge is 0.152 e. The fourth-order valence-electron chi connectivity index (χ4n) is 2.98. The molecule has 3 rings (SSSR count). The summed E-state index contributed by atoms with van der Waals surface area (Å²) in [6.45, 7) is 2.66. The molecular weight excluding hydrogens is 344 g/mol. The maximum Gasteiger partial charge on any atom is 0.152 e. The molecule has 0 amide bonds. The second-order valence-electron chi connectivity index (χ2n) is 6.69. The van der Waals surface area contributed by atoms with Crippen LogP contribution in [-0.2, 0) is 27.4 Å². The first kappa shape index (κ1) is 19.6. The summed E-state index contributed by atoms with van der Waals surface area (Å²) in [6.07, 6.45) is -1.38. The zero-order valence-electron chi connectivity index (χ0n) is 15.4. The lowest BCUT2D eigenvalue weighted by molar-refractivity contribution is -0.138. The van der Waals surface area contributed by atoms with Crippen LogP contribution < -0.4 is 0 Å². The highest BCUT2D eigenvalue weighted by Crippen LogP contribution is 2.24. The molecular formula is C22H26O5. The Morgan fingerprint density at radius 1 is 0.926 bits per heavy atom. The number of rotatable bonds is 8. The van der Waals surface area contributed by atoms with E-state index in [2.05, 4.69) is 0 Å². The number of hydrogen-bond donors (Lipinski definition) is 2. The van der Waals surface area contributed by atoms with E-state index in [0.717, 1.165) is 11.1 Å². The van der Waals surface area contributed by atoms with Gasteiger partial charge >= 0.3 is 0 Å².